The van der Waals surface area contributed by atoms with Gasteiger partial charge in [0, 0.05) is 31.8 Å². The van der Waals surface area contributed by atoms with Gasteiger partial charge in [-0.15, -0.1) is 0 Å². The lowest BCUT2D eigenvalue weighted by molar-refractivity contribution is 0.0182. The van der Waals surface area contributed by atoms with E-state index >= 15 is 0 Å². The molecule has 0 radical (unpaired) electrons. The molecule has 134 valence electrons. The zero-order valence-corrected chi connectivity index (χ0v) is 14.8. The minimum Gasteiger partial charge on any atom is -0.444 e. The molecule has 7 heteroatoms. The van der Waals surface area contributed by atoms with Crippen LogP contribution in [0.4, 0.5) is 4.79 Å². The third-order valence-electron chi connectivity index (χ3n) is 4.17. The SMILES string of the molecule is CC(C)(C)OC(=O)N1CCC(CC(=O)c2nc3cnccc3o2)CC1. The molecule has 25 heavy (non-hydrogen) atoms. The van der Waals surface area contributed by atoms with E-state index in [4.69, 9.17) is 9.15 Å². The minimum absolute atomic E-state index is 0.105. The quantitative estimate of drug-likeness (QED) is 0.792. The third-order valence-corrected chi connectivity index (χ3v) is 4.17. The van der Waals surface area contributed by atoms with Crippen LogP contribution in [0, 0.1) is 5.92 Å². The van der Waals surface area contributed by atoms with Crippen LogP contribution in [0.2, 0.25) is 0 Å². The zero-order valence-electron chi connectivity index (χ0n) is 14.8. The van der Waals surface area contributed by atoms with Crippen molar-refractivity contribution in [2.45, 2.75) is 45.6 Å². The maximum Gasteiger partial charge on any atom is 0.410 e. The van der Waals surface area contributed by atoms with Crippen molar-refractivity contribution >= 4 is 23.0 Å². The highest BCUT2D eigenvalue weighted by Crippen LogP contribution is 2.24. The minimum atomic E-state index is -0.494. The summed E-state index contributed by atoms with van der Waals surface area (Å²) in [5.74, 6) is 0.254. The molecule has 1 amide bonds. The highest BCUT2D eigenvalue weighted by atomic mass is 16.6. The number of rotatable bonds is 3. The number of aromatic nitrogens is 2. The summed E-state index contributed by atoms with van der Waals surface area (Å²) in [5, 5.41) is 0. The van der Waals surface area contributed by atoms with E-state index in [2.05, 4.69) is 9.97 Å². The van der Waals surface area contributed by atoms with E-state index in [0.29, 0.717) is 30.6 Å². The van der Waals surface area contributed by atoms with Crippen molar-refractivity contribution in [1.82, 2.24) is 14.9 Å². The predicted octanol–water partition coefficient (Wildman–Crippen LogP) is 3.44. The summed E-state index contributed by atoms with van der Waals surface area (Å²) in [7, 11) is 0. The largest absolute Gasteiger partial charge is 0.444 e. The standard InChI is InChI=1S/C18H23N3O4/c1-18(2,3)25-17(23)21-8-5-12(6-9-21)10-14(22)16-20-13-11-19-7-4-15(13)24-16/h4,7,11-12H,5-6,8-10H2,1-3H3. The summed E-state index contributed by atoms with van der Waals surface area (Å²) >= 11 is 0. The van der Waals surface area contributed by atoms with Gasteiger partial charge in [-0.2, -0.15) is 0 Å². The van der Waals surface area contributed by atoms with E-state index in [1.54, 1.807) is 23.4 Å². The van der Waals surface area contributed by atoms with Crippen molar-refractivity contribution in [3.63, 3.8) is 0 Å². The summed E-state index contributed by atoms with van der Waals surface area (Å²) < 4.78 is 10.9. The maximum absolute atomic E-state index is 12.4. The number of nitrogens with zero attached hydrogens (tertiary/aromatic N) is 3. The number of carbonyl (C=O) groups is 2. The van der Waals surface area contributed by atoms with Gasteiger partial charge in [0.05, 0.1) is 6.20 Å². The average molecular weight is 345 g/mol. The van der Waals surface area contributed by atoms with Gasteiger partial charge in [0.15, 0.2) is 5.58 Å². The molecule has 1 fully saturated rings. The van der Waals surface area contributed by atoms with Crippen LogP contribution in [-0.2, 0) is 4.74 Å². The van der Waals surface area contributed by atoms with Crippen molar-refractivity contribution in [2.75, 3.05) is 13.1 Å². The smallest absolute Gasteiger partial charge is 0.410 e. The van der Waals surface area contributed by atoms with Gasteiger partial charge >= 0.3 is 6.09 Å². The maximum atomic E-state index is 12.4. The molecule has 1 aliphatic rings. The van der Waals surface area contributed by atoms with Gasteiger partial charge in [-0.1, -0.05) is 0 Å². The first-order valence-corrected chi connectivity index (χ1v) is 8.53. The Bertz CT molecular complexity index is 737. The lowest BCUT2D eigenvalue weighted by Crippen LogP contribution is -2.42. The van der Waals surface area contributed by atoms with Crippen LogP contribution >= 0.6 is 0 Å². The lowest BCUT2D eigenvalue weighted by atomic mass is 9.92. The number of ketones is 1. The second-order valence-corrected chi connectivity index (χ2v) is 7.40. The number of hydrogen-bond acceptors (Lipinski definition) is 6. The monoisotopic (exact) mass is 345 g/mol. The van der Waals surface area contributed by atoms with Crippen LogP contribution < -0.4 is 0 Å². The summed E-state index contributed by atoms with van der Waals surface area (Å²) in [6.07, 6.45) is 4.81. The molecule has 0 N–H and O–H groups in total. The van der Waals surface area contributed by atoms with E-state index in [1.165, 1.54) is 0 Å². The second-order valence-electron chi connectivity index (χ2n) is 7.40. The molecule has 2 aromatic heterocycles. The van der Waals surface area contributed by atoms with Gasteiger partial charge in [-0.3, -0.25) is 9.78 Å². The normalized spacial score (nSPS) is 16.2. The lowest BCUT2D eigenvalue weighted by Gasteiger charge is -2.33. The van der Waals surface area contributed by atoms with E-state index in [-0.39, 0.29) is 23.7 Å². The second kappa shape index (κ2) is 6.82. The van der Waals surface area contributed by atoms with Gasteiger partial charge in [0.25, 0.3) is 5.89 Å². The first-order chi connectivity index (χ1) is 11.8. The number of amides is 1. The predicted molar refractivity (Wildman–Crippen MR) is 91.3 cm³/mol. The van der Waals surface area contributed by atoms with Gasteiger partial charge in [-0.05, 0) is 39.5 Å². The van der Waals surface area contributed by atoms with Crippen molar-refractivity contribution < 1.29 is 18.7 Å². The summed E-state index contributed by atoms with van der Waals surface area (Å²) in [5.41, 5.74) is 0.662. The topological polar surface area (TPSA) is 85.5 Å². The van der Waals surface area contributed by atoms with Crippen LogP contribution in [0.5, 0.6) is 0 Å². The molecule has 3 rings (SSSR count). The number of piperidine rings is 1. The molecule has 0 atom stereocenters. The molecule has 0 bridgehead atoms. The Hall–Kier alpha value is -2.44. The number of pyridine rings is 1. The molecule has 0 aliphatic carbocycles. The molecule has 3 heterocycles. The number of fused-ring (bicyclic) bond motifs is 1. The van der Waals surface area contributed by atoms with Gasteiger partial charge in [0.1, 0.15) is 11.1 Å². The first kappa shape index (κ1) is 17.4. The van der Waals surface area contributed by atoms with Crippen LogP contribution in [-0.4, -0.2) is 45.4 Å². The van der Waals surface area contributed by atoms with Crippen LogP contribution in [0.25, 0.3) is 11.1 Å². The van der Waals surface area contributed by atoms with Gasteiger partial charge in [0.2, 0.25) is 5.78 Å². The summed E-state index contributed by atoms with van der Waals surface area (Å²) in [6.45, 7) is 6.76. The highest BCUT2D eigenvalue weighted by Gasteiger charge is 2.28. The Kier molecular flexibility index (Phi) is 4.74. The Morgan fingerprint density at radius 2 is 2.04 bits per heavy atom. The summed E-state index contributed by atoms with van der Waals surface area (Å²) in [4.78, 5) is 34.3. The van der Waals surface area contributed by atoms with Gasteiger partial charge in [-0.25, -0.2) is 9.78 Å². The molecule has 1 aliphatic heterocycles. The number of Topliss-reactive ketones (excluding diaryl/α,β-unsaturated/α-hetero) is 1. The van der Waals surface area contributed by atoms with Gasteiger partial charge < -0.3 is 14.1 Å². The average Bonchev–Trinajstić information content (AvgIpc) is 2.98. The van der Waals surface area contributed by atoms with Crippen molar-refractivity contribution in [1.29, 1.82) is 0 Å². The summed E-state index contributed by atoms with van der Waals surface area (Å²) in [6, 6.07) is 1.69. The Labute approximate surface area is 146 Å². The number of likely N-dealkylation sites (tertiary alicyclic amines) is 1. The van der Waals surface area contributed by atoms with Crippen molar-refractivity contribution in [3.8, 4) is 0 Å². The van der Waals surface area contributed by atoms with E-state index in [1.807, 2.05) is 20.8 Å². The van der Waals surface area contributed by atoms with Crippen LogP contribution in [0.3, 0.4) is 0 Å². The fraction of sp³-hybridized carbons (Fsp3) is 0.556. The van der Waals surface area contributed by atoms with Crippen LogP contribution in [0.15, 0.2) is 22.9 Å². The fourth-order valence-corrected chi connectivity index (χ4v) is 2.89. The molecular weight excluding hydrogens is 322 g/mol. The Morgan fingerprint density at radius 1 is 1.32 bits per heavy atom. The molecule has 0 aromatic carbocycles. The number of hydrogen-bond donors (Lipinski definition) is 0. The highest BCUT2D eigenvalue weighted by molar-refractivity contribution is 5.94. The van der Waals surface area contributed by atoms with E-state index < -0.39 is 5.60 Å². The first-order valence-electron chi connectivity index (χ1n) is 8.53. The Morgan fingerprint density at radius 3 is 2.68 bits per heavy atom. The third kappa shape index (κ3) is 4.35. The molecule has 0 unspecified atom stereocenters. The molecule has 1 saturated heterocycles. The zero-order chi connectivity index (χ0) is 18.0. The molecule has 7 nitrogen and oxygen atoms in total. The fourth-order valence-electron chi connectivity index (χ4n) is 2.89. The number of oxazole rings is 1. The molecular formula is C18H23N3O4. The number of ether oxygens (including phenoxy) is 1. The molecule has 0 spiro atoms. The van der Waals surface area contributed by atoms with Crippen molar-refractivity contribution in [3.05, 3.63) is 24.4 Å². The molecule has 0 saturated carbocycles. The van der Waals surface area contributed by atoms with Crippen molar-refractivity contribution in [2.24, 2.45) is 5.92 Å². The molecule has 2 aromatic rings. The van der Waals surface area contributed by atoms with E-state index in [0.717, 1.165) is 12.8 Å². The Balaban J connectivity index is 1.53. The number of carbonyl (C=O) groups excluding carboxylic acids is 2. The van der Waals surface area contributed by atoms with Crippen LogP contribution in [0.1, 0.15) is 50.7 Å². The van der Waals surface area contributed by atoms with E-state index in [9.17, 15) is 9.59 Å².